The van der Waals surface area contributed by atoms with Crippen LogP contribution in [0.25, 0.3) is 0 Å². The molecule has 0 saturated carbocycles. The van der Waals surface area contributed by atoms with Crippen molar-refractivity contribution in [3.63, 3.8) is 0 Å². The quantitative estimate of drug-likeness (QED) is 0.575. The van der Waals surface area contributed by atoms with E-state index in [1.807, 2.05) is 26.8 Å². The third kappa shape index (κ3) is 8.48. The Morgan fingerprint density at radius 1 is 1.33 bits per heavy atom. The number of allylic oxidation sites excluding steroid dienone is 4. The molecule has 0 aliphatic heterocycles. The van der Waals surface area contributed by atoms with Gasteiger partial charge >= 0.3 is 0 Å². The van der Waals surface area contributed by atoms with Gasteiger partial charge in [-0.3, -0.25) is 5.14 Å². The Morgan fingerprint density at radius 3 is 2.13 bits per heavy atom. The van der Waals surface area contributed by atoms with Gasteiger partial charge in [-0.1, -0.05) is 45.9 Å². The van der Waals surface area contributed by atoms with E-state index < -0.39 is 0 Å². The summed E-state index contributed by atoms with van der Waals surface area (Å²) in [6.07, 6.45) is 8.05. The first-order valence-corrected chi connectivity index (χ1v) is 6.24. The number of quaternary nitrogens is 1. The lowest BCUT2D eigenvalue weighted by Gasteiger charge is -2.02. The zero-order valence-corrected chi connectivity index (χ0v) is 11.4. The highest BCUT2D eigenvalue weighted by Gasteiger charge is 2.00. The fraction of sp³-hybridized carbons (Fsp3) is 0.500. The van der Waals surface area contributed by atoms with Crippen LogP contribution in [0.4, 0.5) is 0 Å². The van der Waals surface area contributed by atoms with Crippen LogP contribution in [0.1, 0.15) is 34.6 Å². The van der Waals surface area contributed by atoms with Crippen molar-refractivity contribution in [2.24, 2.45) is 11.1 Å². The fourth-order valence-electron chi connectivity index (χ4n) is 0.851. The maximum Gasteiger partial charge on any atom is 0.107 e. The van der Waals surface area contributed by atoms with Gasteiger partial charge in [0.15, 0.2) is 0 Å². The molecule has 88 valence electrons. The molecule has 0 spiro atoms. The third-order valence-corrected chi connectivity index (χ3v) is 2.22. The van der Waals surface area contributed by atoms with Crippen LogP contribution < -0.4 is 10.9 Å². The summed E-state index contributed by atoms with van der Waals surface area (Å²) < 4.78 is 0. The summed E-state index contributed by atoms with van der Waals surface area (Å²) >= 11 is 1.23. The molecule has 2 nitrogen and oxygen atoms in total. The van der Waals surface area contributed by atoms with Crippen LogP contribution in [0.3, 0.4) is 0 Å². The molecule has 0 rings (SSSR count). The second kappa shape index (κ2) is 11.6. The van der Waals surface area contributed by atoms with E-state index in [2.05, 4.69) is 31.7 Å². The number of hydrogen-bond acceptors (Lipinski definition) is 2. The van der Waals surface area contributed by atoms with Crippen molar-refractivity contribution in [1.29, 1.82) is 0 Å². The number of hydrogen-bond donors (Lipinski definition) is 2. The molecule has 0 aromatic rings. The predicted molar refractivity (Wildman–Crippen MR) is 71.8 cm³/mol. The van der Waals surface area contributed by atoms with E-state index in [-0.39, 0.29) is 0 Å². The molecule has 0 atom stereocenters. The summed E-state index contributed by atoms with van der Waals surface area (Å²) in [5, 5.41) is 5.50. The molecule has 0 aromatic carbocycles. The van der Waals surface area contributed by atoms with Crippen LogP contribution in [0.2, 0.25) is 0 Å². The van der Waals surface area contributed by atoms with Crippen LogP contribution in [-0.2, 0) is 0 Å². The Bertz CT molecular complexity index is 228. The highest BCUT2D eigenvalue weighted by molar-refractivity contribution is 8.01. The number of nitrogens with two attached hydrogens (primary N) is 1. The minimum atomic E-state index is 0.559. The second-order valence-electron chi connectivity index (χ2n) is 3.03. The molecule has 5 N–H and O–H groups in total. The Kier molecular flexibility index (Phi) is 13.0. The van der Waals surface area contributed by atoms with E-state index >= 15 is 0 Å². The van der Waals surface area contributed by atoms with Crippen molar-refractivity contribution in [3.05, 3.63) is 34.9 Å². The van der Waals surface area contributed by atoms with Gasteiger partial charge in [0.1, 0.15) is 6.20 Å². The van der Waals surface area contributed by atoms with E-state index in [1.165, 1.54) is 11.9 Å². The van der Waals surface area contributed by atoms with Crippen molar-refractivity contribution < 1.29 is 5.73 Å². The van der Waals surface area contributed by atoms with E-state index in [0.717, 1.165) is 10.5 Å². The maximum atomic E-state index is 5.50. The summed E-state index contributed by atoms with van der Waals surface area (Å²) in [5.74, 6) is 0.559. The second-order valence-corrected chi connectivity index (χ2v) is 3.71. The van der Waals surface area contributed by atoms with Crippen molar-refractivity contribution in [1.82, 2.24) is 0 Å². The Morgan fingerprint density at radius 2 is 1.87 bits per heavy atom. The molecular weight excluding hydrogens is 204 g/mol. The lowest BCUT2D eigenvalue weighted by molar-refractivity contribution is -0.275. The maximum absolute atomic E-state index is 5.50. The van der Waals surface area contributed by atoms with Crippen molar-refractivity contribution >= 4 is 11.9 Å². The molecule has 0 aliphatic carbocycles. The first kappa shape index (κ1) is 16.9. The molecule has 0 unspecified atom stereocenters. The zero-order valence-electron chi connectivity index (χ0n) is 10.6. The summed E-state index contributed by atoms with van der Waals surface area (Å²) in [6.45, 7) is 10.3. The standard InChI is InChI=1S/C10H18N2S.C2H6/c1-4-9(6-5-8(2)3)10(7-11)13-12;1-2/h4-8H,11-12H2,1-3H3;1-2H3/p+1/b6-5-,9-4+,10-7-;. The van der Waals surface area contributed by atoms with Crippen LogP contribution >= 0.6 is 11.9 Å². The zero-order chi connectivity index (χ0) is 12.3. The van der Waals surface area contributed by atoms with Crippen molar-refractivity contribution in [2.75, 3.05) is 0 Å². The SMILES string of the molecule is C/C=C(\C=C/C(C)C)C(=C/[NH3+])/SN.CC. The molecule has 0 aliphatic rings. The summed E-state index contributed by atoms with van der Waals surface area (Å²) in [4.78, 5) is 1.01. The monoisotopic (exact) mass is 229 g/mol. The van der Waals surface area contributed by atoms with Crippen LogP contribution in [0.15, 0.2) is 34.9 Å². The molecule has 0 heterocycles. The van der Waals surface area contributed by atoms with Gasteiger partial charge in [0.25, 0.3) is 0 Å². The minimum absolute atomic E-state index is 0.559. The molecule has 0 bridgehead atoms. The van der Waals surface area contributed by atoms with Gasteiger partial charge < -0.3 is 5.73 Å². The van der Waals surface area contributed by atoms with Crippen LogP contribution in [-0.4, -0.2) is 0 Å². The Hall–Kier alpha value is -0.510. The molecule has 15 heavy (non-hydrogen) atoms. The van der Waals surface area contributed by atoms with Crippen LogP contribution in [0.5, 0.6) is 0 Å². The van der Waals surface area contributed by atoms with E-state index in [4.69, 9.17) is 5.14 Å². The predicted octanol–water partition coefficient (Wildman–Crippen LogP) is 2.86. The first-order chi connectivity index (χ1) is 7.15. The van der Waals surface area contributed by atoms with Crippen molar-refractivity contribution in [2.45, 2.75) is 34.6 Å². The van der Waals surface area contributed by atoms with Crippen molar-refractivity contribution in [3.8, 4) is 0 Å². The fourth-order valence-corrected chi connectivity index (χ4v) is 1.27. The Balaban J connectivity index is 0. The lowest BCUT2D eigenvalue weighted by atomic mass is 10.1. The molecule has 0 aromatic heterocycles. The van der Waals surface area contributed by atoms with Gasteiger partial charge in [0, 0.05) is 0 Å². The minimum Gasteiger partial charge on any atom is -0.330 e. The normalized spacial score (nSPS) is 13.1. The molecule has 0 radical (unpaired) electrons. The van der Waals surface area contributed by atoms with Gasteiger partial charge in [-0.15, -0.1) is 0 Å². The summed E-state index contributed by atoms with van der Waals surface area (Å²) in [5.41, 5.74) is 4.85. The molecular formula is C12H25N2S+. The van der Waals surface area contributed by atoms with E-state index in [0.29, 0.717) is 5.92 Å². The summed E-state index contributed by atoms with van der Waals surface area (Å²) in [7, 11) is 0. The average Bonchev–Trinajstić information content (AvgIpc) is 2.26. The van der Waals surface area contributed by atoms with Gasteiger partial charge in [-0.2, -0.15) is 0 Å². The molecule has 0 saturated heterocycles. The first-order valence-electron chi connectivity index (χ1n) is 5.36. The van der Waals surface area contributed by atoms with E-state index in [9.17, 15) is 0 Å². The summed E-state index contributed by atoms with van der Waals surface area (Å²) in [6, 6.07) is 0. The third-order valence-electron chi connectivity index (χ3n) is 1.57. The highest BCUT2D eigenvalue weighted by atomic mass is 32.2. The van der Waals surface area contributed by atoms with Gasteiger partial charge in [0.2, 0.25) is 0 Å². The van der Waals surface area contributed by atoms with Gasteiger partial charge in [0.05, 0.1) is 4.91 Å². The molecule has 3 heteroatoms. The molecule has 0 fully saturated rings. The lowest BCUT2D eigenvalue weighted by Crippen LogP contribution is -2.40. The van der Waals surface area contributed by atoms with Gasteiger partial charge in [-0.05, 0) is 30.4 Å². The number of rotatable bonds is 4. The Labute approximate surface area is 98.6 Å². The molecule has 0 amide bonds. The van der Waals surface area contributed by atoms with Crippen LogP contribution in [0, 0.1) is 5.92 Å². The average molecular weight is 229 g/mol. The smallest absolute Gasteiger partial charge is 0.107 e. The highest BCUT2D eigenvalue weighted by Crippen LogP contribution is 2.19. The topological polar surface area (TPSA) is 53.7 Å². The van der Waals surface area contributed by atoms with E-state index in [1.54, 1.807) is 6.20 Å². The largest absolute Gasteiger partial charge is 0.330 e. The van der Waals surface area contributed by atoms with Gasteiger partial charge in [-0.25, -0.2) is 0 Å².